The SMILES string of the molecule is COc1ccc(C(=O)C2=Cc3ccccc3C23C(=O)c2ccccc2C3=O)cc1. The van der Waals surface area contributed by atoms with Gasteiger partial charge in [0.15, 0.2) is 22.8 Å². The Morgan fingerprint density at radius 3 is 2.00 bits per heavy atom. The minimum Gasteiger partial charge on any atom is -0.497 e. The zero-order valence-corrected chi connectivity index (χ0v) is 15.6. The second-order valence-electron chi connectivity index (χ2n) is 7.16. The second-order valence-corrected chi connectivity index (χ2v) is 7.16. The van der Waals surface area contributed by atoms with Gasteiger partial charge in [0.05, 0.1) is 7.11 Å². The summed E-state index contributed by atoms with van der Waals surface area (Å²) in [6, 6.07) is 20.7. The molecule has 2 aliphatic rings. The van der Waals surface area contributed by atoms with Gasteiger partial charge in [0.25, 0.3) is 0 Å². The molecule has 0 heterocycles. The van der Waals surface area contributed by atoms with Gasteiger partial charge in [-0.05, 0) is 41.5 Å². The molecule has 0 unspecified atom stereocenters. The summed E-state index contributed by atoms with van der Waals surface area (Å²) in [6.45, 7) is 0. The molecule has 0 radical (unpaired) electrons. The van der Waals surface area contributed by atoms with Crippen LogP contribution in [0.15, 0.2) is 78.4 Å². The lowest BCUT2D eigenvalue weighted by Crippen LogP contribution is -2.41. The topological polar surface area (TPSA) is 60.4 Å². The summed E-state index contributed by atoms with van der Waals surface area (Å²) in [5.41, 5.74) is 1.01. The lowest BCUT2D eigenvalue weighted by atomic mass is 9.71. The number of benzene rings is 3. The predicted molar refractivity (Wildman–Crippen MR) is 109 cm³/mol. The molecule has 0 saturated heterocycles. The number of hydrogen-bond donors (Lipinski definition) is 0. The van der Waals surface area contributed by atoms with Crippen molar-refractivity contribution >= 4 is 23.4 Å². The Hall–Kier alpha value is -3.79. The van der Waals surface area contributed by atoms with Crippen LogP contribution in [0.25, 0.3) is 6.08 Å². The quantitative estimate of drug-likeness (QED) is 0.502. The minimum absolute atomic E-state index is 0.204. The summed E-state index contributed by atoms with van der Waals surface area (Å²) in [5, 5.41) is 0. The van der Waals surface area contributed by atoms with Gasteiger partial charge >= 0.3 is 0 Å². The fourth-order valence-corrected chi connectivity index (χ4v) is 4.38. The van der Waals surface area contributed by atoms with Gasteiger partial charge in [0.2, 0.25) is 0 Å². The van der Waals surface area contributed by atoms with Crippen LogP contribution >= 0.6 is 0 Å². The second kappa shape index (κ2) is 6.11. The van der Waals surface area contributed by atoms with Gasteiger partial charge in [0.1, 0.15) is 5.75 Å². The van der Waals surface area contributed by atoms with Gasteiger partial charge < -0.3 is 4.74 Å². The van der Waals surface area contributed by atoms with E-state index in [4.69, 9.17) is 4.74 Å². The molecule has 0 aromatic heterocycles. The van der Waals surface area contributed by atoms with Gasteiger partial charge in [-0.1, -0.05) is 48.5 Å². The van der Waals surface area contributed by atoms with Crippen molar-refractivity contribution in [1.29, 1.82) is 0 Å². The minimum atomic E-state index is -1.61. The van der Waals surface area contributed by atoms with Crippen molar-refractivity contribution in [2.75, 3.05) is 7.11 Å². The number of carbonyl (C=O) groups is 3. The average Bonchev–Trinajstić information content (AvgIpc) is 3.23. The number of allylic oxidation sites excluding steroid dienone is 1. The first-order chi connectivity index (χ1) is 14.1. The molecule has 3 aromatic rings. The lowest BCUT2D eigenvalue weighted by Gasteiger charge is -2.25. The molecule has 3 aromatic carbocycles. The number of hydrogen-bond acceptors (Lipinski definition) is 4. The van der Waals surface area contributed by atoms with E-state index in [0.29, 0.717) is 28.0 Å². The largest absolute Gasteiger partial charge is 0.497 e. The first kappa shape index (κ1) is 17.3. The molecule has 1 spiro atoms. The fraction of sp³-hybridized carbons (Fsp3) is 0.0800. The van der Waals surface area contributed by atoms with Crippen LogP contribution in [0.5, 0.6) is 5.75 Å². The number of Topliss-reactive ketones (excluding diaryl/α,β-unsaturated/α-hetero) is 3. The predicted octanol–water partition coefficient (Wildman–Crippen LogP) is 4.29. The van der Waals surface area contributed by atoms with E-state index in [9.17, 15) is 14.4 Å². The molecule has 4 nitrogen and oxygen atoms in total. The van der Waals surface area contributed by atoms with E-state index in [1.807, 2.05) is 12.1 Å². The summed E-state index contributed by atoms with van der Waals surface area (Å²) >= 11 is 0. The van der Waals surface area contributed by atoms with E-state index in [0.717, 1.165) is 5.56 Å². The summed E-state index contributed by atoms with van der Waals surface area (Å²) < 4.78 is 5.16. The maximum atomic E-state index is 13.6. The molecule has 4 heteroatoms. The van der Waals surface area contributed by atoms with Crippen molar-refractivity contribution in [2.45, 2.75) is 5.41 Å². The van der Waals surface area contributed by atoms with Crippen LogP contribution in [0.3, 0.4) is 0 Å². The van der Waals surface area contributed by atoms with Crippen LogP contribution < -0.4 is 4.74 Å². The molecular weight excluding hydrogens is 364 g/mol. The molecule has 2 aliphatic carbocycles. The fourth-order valence-electron chi connectivity index (χ4n) is 4.38. The van der Waals surface area contributed by atoms with Crippen molar-refractivity contribution in [2.24, 2.45) is 0 Å². The van der Waals surface area contributed by atoms with Crippen LogP contribution in [-0.2, 0) is 5.41 Å². The molecule has 0 fully saturated rings. The van der Waals surface area contributed by atoms with Crippen LogP contribution in [0.1, 0.15) is 42.2 Å². The van der Waals surface area contributed by atoms with Crippen molar-refractivity contribution in [3.05, 3.63) is 106 Å². The highest BCUT2D eigenvalue weighted by molar-refractivity contribution is 6.40. The first-order valence-electron chi connectivity index (χ1n) is 9.28. The molecule has 0 bridgehead atoms. The molecule has 0 atom stereocenters. The number of ether oxygens (including phenoxy) is 1. The van der Waals surface area contributed by atoms with Crippen molar-refractivity contribution < 1.29 is 19.1 Å². The summed E-state index contributed by atoms with van der Waals surface area (Å²) in [6.07, 6.45) is 1.68. The normalized spacial score (nSPS) is 15.8. The highest BCUT2D eigenvalue weighted by atomic mass is 16.5. The Morgan fingerprint density at radius 1 is 0.793 bits per heavy atom. The Kier molecular flexibility index (Phi) is 3.65. The molecule has 29 heavy (non-hydrogen) atoms. The standard InChI is InChI=1S/C25H16O4/c1-29-17-12-10-15(11-13-17)22(26)21-14-16-6-2-5-9-20(16)25(21)23(27)18-7-3-4-8-19(18)24(25)28/h2-14H,1H3. The van der Waals surface area contributed by atoms with Crippen LogP contribution in [-0.4, -0.2) is 24.5 Å². The van der Waals surface area contributed by atoms with Gasteiger partial charge in [0, 0.05) is 22.3 Å². The number of fused-ring (bicyclic) bond motifs is 3. The Balaban J connectivity index is 1.73. The number of rotatable bonds is 3. The van der Waals surface area contributed by atoms with E-state index in [1.165, 1.54) is 0 Å². The van der Waals surface area contributed by atoms with Gasteiger partial charge in [-0.25, -0.2) is 0 Å². The molecular formula is C25H16O4. The average molecular weight is 380 g/mol. The Bertz CT molecular complexity index is 1200. The van der Waals surface area contributed by atoms with E-state index in [2.05, 4.69) is 0 Å². The van der Waals surface area contributed by atoms with Crippen LogP contribution in [0, 0.1) is 0 Å². The van der Waals surface area contributed by atoms with Crippen molar-refractivity contribution in [3.63, 3.8) is 0 Å². The Labute approximate surface area is 167 Å². The number of carbonyl (C=O) groups excluding carboxylic acids is 3. The molecule has 0 amide bonds. The molecule has 0 aliphatic heterocycles. The summed E-state index contributed by atoms with van der Waals surface area (Å²) in [7, 11) is 1.55. The highest BCUT2D eigenvalue weighted by Gasteiger charge is 2.60. The monoisotopic (exact) mass is 380 g/mol. The van der Waals surface area contributed by atoms with Gasteiger partial charge in [-0.3, -0.25) is 14.4 Å². The van der Waals surface area contributed by atoms with E-state index in [-0.39, 0.29) is 22.9 Å². The highest BCUT2D eigenvalue weighted by Crippen LogP contribution is 2.51. The van der Waals surface area contributed by atoms with Crippen molar-refractivity contribution in [1.82, 2.24) is 0 Å². The lowest BCUT2D eigenvalue weighted by molar-refractivity contribution is 0.0804. The number of methoxy groups -OCH3 is 1. The third kappa shape index (κ3) is 2.17. The van der Waals surface area contributed by atoms with Crippen LogP contribution in [0.4, 0.5) is 0 Å². The molecule has 0 N–H and O–H groups in total. The van der Waals surface area contributed by atoms with E-state index >= 15 is 0 Å². The number of ketones is 3. The van der Waals surface area contributed by atoms with Gasteiger partial charge in [-0.15, -0.1) is 0 Å². The molecule has 0 saturated carbocycles. The van der Waals surface area contributed by atoms with Crippen LogP contribution in [0.2, 0.25) is 0 Å². The summed E-state index contributed by atoms with van der Waals surface area (Å²) in [4.78, 5) is 40.7. The van der Waals surface area contributed by atoms with Gasteiger partial charge in [-0.2, -0.15) is 0 Å². The van der Waals surface area contributed by atoms with E-state index in [1.54, 1.807) is 73.8 Å². The molecule has 140 valence electrons. The zero-order valence-electron chi connectivity index (χ0n) is 15.6. The third-order valence-electron chi connectivity index (χ3n) is 5.76. The maximum Gasteiger partial charge on any atom is 0.190 e. The maximum absolute atomic E-state index is 13.6. The Morgan fingerprint density at radius 2 is 1.38 bits per heavy atom. The van der Waals surface area contributed by atoms with Crippen molar-refractivity contribution in [3.8, 4) is 5.75 Å². The third-order valence-corrected chi connectivity index (χ3v) is 5.76. The molecule has 5 rings (SSSR count). The summed E-state index contributed by atoms with van der Waals surface area (Å²) in [5.74, 6) is -0.383. The first-order valence-corrected chi connectivity index (χ1v) is 9.28. The zero-order chi connectivity index (χ0) is 20.2. The van der Waals surface area contributed by atoms with E-state index < -0.39 is 5.41 Å². The smallest absolute Gasteiger partial charge is 0.190 e.